The minimum atomic E-state index is -0.00176. The van der Waals surface area contributed by atoms with Crippen LogP contribution in [0.1, 0.15) is 57.2 Å². The first-order chi connectivity index (χ1) is 8.54. The lowest BCUT2D eigenvalue weighted by Crippen LogP contribution is -2.13. The molecule has 0 saturated heterocycles. The number of rotatable bonds is 5. The zero-order valence-electron chi connectivity index (χ0n) is 10.9. The summed E-state index contributed by atoms with van der Waals surface area (Å²) in [5.74, 6) is 1.60. The Labute approximate surface area is 121 Å². The van der Waals surface area contributed by atoms with E-state index in [4.69, 9.17) is 16.3 Å². The van der Waals surface area contributed by atoms with Crippen LogP contribution in [-0.2, 0) is 4.74 Å². The second kappa shape index (κ2) is 5.85. The average Bonchev–Trinajstić information content (AvgIpc) is 3.13. The van der Waals surface area contributed by atoms with Gasteiger partial charge in [0.25, 0.3) is 0 Å². The van der Waals surface area contributed by atoms with Crippen LogP contribution in [-0.4, -0.2) is 16.6 Å². The summed E-state index contributed by atoms with van der Waals surface area (Å²) in [6.07, 6.45) is 2.38. The molecule has 1 aromatic rings. The molecule has 1 aliphatic rings. The second-order valence-corrected chi connectivity index (χ2v) is 6.09. The maximum absolute atomic E-state index is 6.18. The average molecular weight is 334 g/mol. The van der Waals surface area contributed by atoms with Gasteiger partial charge in [-0.3, -0.25) is 0 Å². The molecule has 0 N–H and O–H groups in total. The molecule has 18 heavy (non-hydrogen) atoms. The number of hydrogen-bond acceptors (Lipinski definition) is 3. The van der Waals surface area contributed by atoms with Crippen LogP contribution < -0.4 is 0 Å². The largest absolute Gasteiger partial charge is 0.370 e. The van der Waals surface area contributed by atoms with Gasteiger partial charge in [-0.1, -0.05) is 25.4 Å². The molecule has 1 aromatic heterocycles. The molecule has 1 heterocycles. The van der Waals surface area contributed by atoms with E-state index in [2.05, 4.69) is 39.7 Å². The molecule has 100 valence electrons. The SMILES string of the molecule is CCOC(c1nc(Cl)c(Br)c(C(C)C)n1)C1CC1. The number of aromatic nitrogens is 2. The first kappa shape index (κ1) is 14.2. The summed E-state index contributed by atoms with van der Waals surface area (Å²) in [5.41, 5.74) is 0.954. The summed E-state index contributed by atoms with van der Waals surface area (Å²) < 4.78 is 6.58. The van der Waals surface area contributed by atoms with Gasteiger partial charge in [-0.25, -0.2) is 9.97 Å². The van der Waals surface area contributed by atoms with E-state index in [9.17, 15) is 0 Å². The van der Waals surface area contributed by atoms with Crippen molar-refractivity contribution in [2.75, 3.05) is 6.61 Å². The molecule has 5 heteroatoms. The highest BCUT2D eigenvalue weighted by atomic mass is 79.9. The predicted octanol–water partition coefficient (Wildman–Crippen LogP) is 4.50. The molecular weight excluding hydrogens is 316 g/mol. The lowest BCUT2D eigenvalue weighted by molar-refractivity contribution is 0.0398. The normalized spacial score (nSPS) is 17.2. The van der Waals surface area contributed by atoms with Gasteiger partial charge in [0.05, 0.1) is 10.2 Å². The van der Waals surface area contributed by atoms with E-state index < -0.39 is 0 Å². The molecule has 0 radical (unpaired) electrons. The van der Waals surface area contributed by atoms with Crippen molar-refractivity contribution in [2.45, 2.75) is 45.6 Å². The Balaban J connectivity index is 2.37. The third-order valence-electron chi connectivity index (χ3n) is 3.05. The minimum absolute atomic E-state index is 0.00176. The van der Waals surface area contributed by atoms with Gasteiger partial charge >= 0.3 is 0 Å². The molecule has 1 saturated carbocycles. The van der Waals surface area contributed by atoms with E-state index in [-0.39, 0.29) is 6.10 Å². The van der Waals surface area contributed by atoms with Crippen LogP contribution in [0.25, 0.3) is 0 Å². The van der Waals surface area contributed by atoms with Crippen LogP contribution in [0.5, 0.6) is 0 Å². The smallest absolute Gasteiger partial charge is 0.159 e. The summed E-state index contributed by atoms with van der Waals surface area (Å²) in [4.78, 5) is 9.02. The fourth-order valence-electron chi connectivity index (χ4n) is 1.96. The van der Waals surface area contributed by atoms with Crippen molar-refractivity contribution < 1.29 is 4.74 Å². The number of hydrogen-bond donors (Lipinski definition) is 0. The van der Waals surface area contributed by atoms with Crippen molar-refractivity contribution in [3.63, 3.8) is 0 Å². The molecule has 0 amide bonds. The molecule has 3 nitrogen and oxygen atoms in total. The van der Waals surface area contributed by atoms with Gasteiger partial charge < -0.3 is 4.74 Å². The van der Waals surface area contributed by atoms with Crippen LogP contribution in [0.2, 0.25) is 5.15 Å². The summed E-state index contributed by atoms with van der Waals surface area (Å²) in [6, 6.07) is 0. The van der Waals surface area contributed by atoms with E-state index in [1.54, 1.807) is 0 Å². The highest BCUT2D eigenvalue weighted by Crippen LogP contribution is 2.43. The first-order valence-electron chi connectivity index (χ1n) is 6.39. The zero-order valence-corrected chi connectivity index (χ0v) is 13.3. The minimum Gasteiger partial charge on any atom is -0.370 e. The fourth-order valence-corrected chi connectivity index (χ4v) is 2.78. The van der Waals surface area contributed by atoms with Crippen molar-refractivity contribution in [1.82, 2.24) is 9.97 Å². The van der Waals surface area contributed by atoms with E-state index >= 15 is 0 Å². The fraction of sp³-hybridized carbons (Fsp3) is 0.692. The maximum atomic E-state index is 6.18. The monoisotopic (exact) mass is 332 g/mol. The van der Waals surface area contributed by atoms with Crippen LogP contribution >= 0.6 is 27.5 Å². The molecule has 0 aliphatic heterocycles. The third-order valence-corrected chi connectivity index (χ3v) is 4.34. The predicted molar refractivity (Wildman–Crippen MR) is 75.9 cm³/mol. The Morgan fingerprint density at radius 2 is 2.06 bits per heavy atom. The van der Waals surface area contributed by atoms with Crippen LogP contribution in [0.3, 0.4) is 0 Å². The molecule has 1 aliphatic carbocycles. The molecule has 2 rings (SSSR count). The summed E-state index contributed by atoms with van der Waals surface area (Å²) in [7, 11) is 0. The van der Waals surface area contributed by atoms with Gasteiger partial charge in [-0.2, -0.15) is 0 Å². The van der Waals surface area contributed by atoms with Crippen LogP contribution in [0.4, 0.5) is 0 Å². The van der Waals surface area contributed by atoms with Crippen LogP contribution in [0.15, 0.2) is 4.47 Å². The highest BCUT2D eigenvalue weighted by molar-refractivity contribution is 9.10. The third kappa shape index (κ3) is 3.03. The molecule has 0 aromatic carbocycles. The van der Waals surface area contributed by atoms with E-state index in [0.717, 1.165) is 16.0 Å². The maximum Gasteiger partial charge on any atom is 0.159 e. The van der Waals surface area contributed by atoms with Gasteiger partial charge in [-0.15, -0.1) is 0 Å². The van der Waals surface area contributed by atoms with Crippen molar-refractivity contribution in [2.24, 2.45) is 5.92 Å². The summed E-state index contributed by atoms with van der Waals surface area (Å²) in [5, 5.41) is 0.481. The van der Waals surface area contributed by atoms with E-state index in [1.807, 2.05) is 6.92 Å². The Morgan fingerprint density at radius 1 is 1.39 bits per heavy atom. The topological polar surface area (TPSA) is 35.0 Å². The number of nitrogens with zero attached hydrogens (tertiary/aromatic N) is 2. The first-order valence-corrected chi connectivity index (χ1v) is 7.56. The molecule has 1 unspecified atom stereocenters. The Bertz CT molecular complexity index is 435. The standard InChI is InChI=1S/C13H18BrClN2O/c1-4-18-11(8-5-6-8)13-16-10(7(2)3)9(14)12(15)17-13/h7-8,11H,4-6H2,1-3H3. The number of ether oxygens (including phenoxy) is 1. The summed E-state index contributed by atoms with van der Waals surface area (Å²) in [6.45, 7) is 6.87. The highest BCUT2D eigenvalue weighted by Gasteiger charge is 2.35. The Hall–Kier alpha value is -0.190. The molecular formula is C13H18BrClN2O. The van der Waals surface area contributed by atoms with Gasteiger partial charge in [-0.05, 0) is 47.5 Å². The van der Waals surface area contributed by atoms with Crippen molar-refractivity contribution in [3.05, 3.63) is 21.1 Å². The lowest BCUT2D eigenvalue weighted by atomic mass is 10.1. The molecule has 1 fully saturated rings. The molecule has 0 spiro atoms. The lowest BCUT2D eigenvalue weighted by Gasteiger charge is -2.18. The summed E-state index contributed by atoms with van der Waals surface area (Å²) >= 11 is 9.64. The number of halogens is 2. The second-order valence-electron chi connectivity index (χ2n) is 4.94. The quantitative estimate of drug-likeness (QED) is 0.744. The van der Waals surface area contributed by atoms with E-state index in [1.165, 1.54) is 12.8 Å². The van der Waals surface area contributed by atoms with Gasteiger partial charge in [0.1, 0.15) is 11.3 Å². The van der Waals surface area contributed by atoms with Crippen molar-refractivity contribution >= 4 is 27.5 Å². The zero-order chi connectivity index (χ0) is 13.3. The Morgan fingerprint density at radius 3 is 2.56 bits per heavy atom. The van der Waals surface area contributed by atoms with Crippen LogP contribution in [0, 0.1) is 5.92 Å². The van der Waals surface area contributed by atoms with Crippen molar-refractivity contribution in [3.8, 4) is 0 Å². The van der Waals surface area contributed by atoms with Crippen molar-refractivity contribution in [1.29, 1.82) is 0 Å². The van der Waals surface area contributed by atoms with E-state index in [0.29, 0.717) is 23.6 Å². The van der Waals surface area contributed by atoms with Gasteiger partial charge in [0.15, 0.2) is 5.82 Å². The Kier molecular flexibility index (Phi) is 4.62. The van der Waals surface area contributed by atoms with Gasteiger partial charge in [0.2, 0.25) is 0 Å². The molecule has 1 atom stereocenters. The molecule has 0 bridgehead atoms. The van der Waals surface area contributed by atoms with Gasteiger partial charge in [0, 0.05) is 6.61 Å².